The maximum absolute atomic E-state index is 12.3. The van der Waals surface area contributed by atoms with Gasteiger partial charge in [0.15, 0.2) is 0 Å². The molecule has 0 radical (unpaired) electrons. The lowest BCUT2D eigenvalue weighted by Crippen LogP contribution is -2.34. The van der Waals surface area contributed by atoms with Crippen LogP contribution in [0.2, 0.25) is 0 Å². The third kappa shape index (κ3) is 6.77. The van der Waals surface area contributed by atoms with Gasteiger partial charge in [-0.1, -0.05) is 33.8 Å². The van der Waals surface area contributed by atoms with Crippen molar-refractivity contribution >= 4 is 18.2 Å². The number of ether oxygens (including phenoxy) is 2. The first-order valence-electron chi connectivity index (χ1n) is 9.23. The van der Waals surface area contributed by atoms with Crippen molar-refractivity contribution in [2.24, 2.45) is 17.3 Å². The van der Waals surface area contributed by atoms with E-state index in [9.17, 15) is 14.4 Å². The number of allylic oxidation sites excluding steroid dienone is 1. The molecule has 4 unspecified atom stereocenters. The SMILES string of the molecule is CC(=O)OC1/C=C/C(C)C(/C(C)=C/C=O)OC(=O)CC(C)CCC1(C)C. The van der Waals surface area contributed by atoms with Crippen molar-refractivity contribution in [3.63, 3.8) is 0 Å². The first kappa shape index (κ1) is 22.1. The molecule has 0 amide bonds. The van der Waals surface area contributed by atoms with Crippen molar-refractivity contribution in [1.82, 2.24) is 0 Å². The minimum absolute atomic E-state index is 0.154. The Hall–Kier alpha value is -1.91. The number of hydrogen-bond donors (Lipinski definition) is 0. The van der Waals surface area contributed by atoms with Gasteiger partial charge in [0.1, 0.15) is 18.5 Å². The Labute approximate surface area is 156 Å². The largest absolute Gasteiger partial charge is 0.458 e. The highest BCUT2D eigenvalue weighted by atomic mass is 16.5. The lowest BCUT2D eigenvalue weighted by Gasteiger charge is -2.34. The number of carbonyl (C=O) groups is 3. The van der Waals surface area contributed by atoms with Crippen LogP contribution in [-0.2, 0) is 23.9 Å². The molecule has 4 atom stereocenters. The zero-order chi connectivity index (χ0) is 19.9. The number of cyclic esters (lactones) is 1. The van der Waals surface area contributed by atoms with Crippen molar-refractivity contribution in [3.05, 3.63) is 23.8 Å². The third-order valence-corrected chi connectivity index (χ3v) is 4.96. The van der Waals surface area contributed by atoms with E-state index < -0.39 is 6.10 Å². The van der Waals surface area contributed by atoms with E-state index in [1.165, 1.54) is 13.0 Å². The molecule has 1 heterocycles. The molecule has 1 aliphatic rings. The second kappa shape index (κ2) is 9.70. The normalized spacial score (nSPS) is 31.8. The molecule has 1 rings (SSSR count). The molecule has 0 aromatic heterocycles. The van der Waals surface area contributed by atoms with Crippen LogP contribution in [0.15, 0.2) is 23.8 Å². The topological polar surface area (TPSA) is 69.7 Å². The monoisotopic (exact) mass is 364 g/mol. The van der Waals surface area contributed by atoms with Gasteiger partial charge in [-0.25, -0.2) is 0 Å². The summed E-state index contributed by atoms with van der Waals surface area (Å²) in [6, 6.07) is 0. The summed E-state index contributed by atoms with van der Waals surface area (Å²) in [7, 11) is 0. The highest BCUT2D eigenvalue weighted by molar-refractivity contribution is 5.71. The number of hydrogen-bond acceptors (Lipinski definition) is 5. The fourth-order valence-electron chi connectivity index (χ4n) is 3.17. The number of esters is 2. The molecular formula is C21H32O5. The molecule has 26 heavy (non-hydrogen) atoms. The van der Waals surface area contributed by atoms with E-state index in [0.717, 1.165) is 12.8 Å². The summed E-state index contributed by atoms with van der Waals surface area (Å²) in [4.78, 5) is 34.7. The molecule has 0 fully saturated rings. The summed E-state index contributed by atoms with van der Waals surface area (Å²) in [5, 5.41) is 0. The smallest absolute Gasteiger partial charge is 0.306 e. The average molecular weight is 364 g/mol. The van der Waals surface area contributed by atoms with Gasteiger partial charge in [-0.05, 0) is 43.4 Å². The van der Waals surface area contributed by atoms with Crippen LogP contribution >= 0.6 is 0 Å². The predicted molar refractivity (Wildman–Crippen MR) is 100 cm³/mol. The third-order valence-electron chi connectivity index (χ3n) is 4.96. The van der Waals surface area contributed by atoms with E-state index in [4.69, 9.17) is 9.47 Å². The van der Waals surface area contributed by atoms with Gasteiger partial charge in [0, 0.05) is 24.7 Å². The van der Waals surface area contributed by atoms with Crippen LogP contribution in [0.25, 0.3) is 0 Å². The number of rotatable bonds is 3. The molecule has 0 saturated carbocycles. The summed E-state index contributed by atoms with van der Waals surface area (Å²) in [5.41, 5.74) is 0.445. The fourth-order valence-corrected chi connectivity index (χ4v) is 3.17. The van der Waals surface area contributed by atoms with Gasteiger partial charge in [0.25, 0.3) is 0 Å². The van der Waals surface area contributed by atoms with Crippen LogP contribution in [0, 0.1) is 17.3 Å². The Morgan fingerprint density at radius 3 is 2.50 bits per heavy atom. The summed E-state index contributed by atoms with van der Waals surface area (Å²) in [6.45, 7) is 11.3. The molecule has 0 spiro atoms. The molecule has 146 valence electrons. The first-order valence-corrected chi connectivity index (χ1v) is 9.23. The molecule has 5 nitrogen and oxygen atoms in total. The minimum Gasteiger partial charge on any atom is -0.458 e. The quantitative estimate of drug-likeness (QED) is 0.327. The van der Waals surface area contributed by atoms with Gasteiger partial charge in [0.2, 0.25) is 0 Å². The van der Waals surface area contributed by atoms with Crippen molar-refractivity contribution in [1.29, 1.82) is 0 Å². The maximum Gasteiger partial charge on any atom is 0.306 e. The highest BCUT2D eigenvalue weighted by Gasteiger charge is 2.32. The van der Waals surface area contributed by atoms with E-state index in [-0.39, 0.29) is 35.3 Å². The van der Waals surface area contributed by atoms with Gasteiger partial charge in [-0.2, -0.15) is 0 Å². The molecule has 1 aliphatic heterocycles. The Bertz CT molecular complexity index is 573. The highest BCUT2D eigenvalue weighted by Crippen LogP contribution is 2.34. The molecule has 5 heteroatoms. The molecule has 0 aliphatic carbocycles. The van der Waals surface area contributed by atoms with Crippen LogP contribution in [0.5, 0.6) is 0 Å². The summed E-state index contributed by atoms with van der Waals surface area (Å²) in [5.74, 6) is -0.565. The van der Waals surface area contributed by atoms with E-state index in [1.807, 2.05) is 26.0 Å². The van der Waals surface area contributed by atoms with Crippen LogP contribution in [-0.4, -0.2) is 30.4 Å². The molecule has 0 aromatic rings. The van der Waals surface area contributed by atoms with Crippen LogP contribution in [0.3, 0.4) is 0 Å². The number of carbonyl (C=O) groups excluding carboxylic acids is 3. The van der Waals surface area contributed by atoms with Crippen molar-refractivity contribution in [2.45, 2.75) is 73.0 Å². The average Bonchev–Trinajstić information content (AvgIpc) is 2.53. The van der Waals surface area contributed by atoms with Crippen LogP contribution < -0.4 is 0 Å². The van der Waals surface area contributed by atoms with Gasteiger partial charge >= 0.3 is 11.9 Å². The van der Waals surface area contributed by atoms with Crippen molar-refractivity contribution < 1.29 is 23.9 Å². The van der Waals surface area contributed by atoms with Crippen molar-refractivity contribution in [2.75, 3.05) is 0 Å². The van der Waals surface area contributed by atoms with E-state index in [1.54, 1.807) is 6.92 Å². The minimum atomic E-state index is -0.517. The zero-order valence-electron chi connectivity index (χ0n) is 16.8. The van der Waals surface area contributed by atoms with E-state index in [2.05, 4.69) is 13.8 Å². The second-order valence-electron chi connectivity index (χ2n) is 8.07. The lowest BCUT2D eigenvalue weighted by atomic mass is 9.78. The summed E-state index contributed by atoms with van der Waals surface area (Å²) in [6.07, 6.45) is 7.01. The summed E-state index contributed by atoms with van der Waals surface area (Å²) < 4.78 is 11.2. The van der Waals surface area contributed by atoms with Gasteiger partial charge in [0.05, 0.1) is 0 Å². The molecule has 0 N–H and O–H groups in total. The lowest BCUT2D eigenvalue weighted by molar-refractivity contribution is -0.150. The second-order valence-corrected chi connectivity index (χ2v) is 8.07. The van der Waals surface area contributed by atoms with Crippen molar-refractivity contribution in [3.8, 4) is 0 Å². The van der Waals surface area contributed by atoms with E-state index in [0.29, 0.717) is 18.3 Å². The van der Waals surface area contributed by atoms with E-state index >= 15 is 0 Å². The van der Waals surface area contributed by atoms with Crippen LogP contribution in [0.1, 0.15) is 60.8 Å². The van der Waals surface area contributed by atoms with Gasteiger partial charge in [-0.3, -0.25) is 14.4 Å². The zero-order valence-corrected chi connectivity index (χ0v) is 16.8. The molecule has 0 bridgehead atoms. The Morgan fingerprint density at radius 2 is 1.92 bits per heavy atom. The summed E-state index contributed by atoms with van der Waals surface area (Å²) >= 11 is 0. The molecule has 0 aromatic carbocycles. The molecular weight excluding hydrogens is 332 g/mol. The molecule has 0 saturated heterocycles. The van der Waals surface area contributed by atoms with Crippen LogP contribution in [0.4, 0.5) is 0 Å². The van der Waals surface area contributed by atoms with Gasteiger partial charge < -0.3 is 9.47 Å². The number of aldehydes is 1. The predicted octanol–water partition coefficient (Wildman–Crippen LogP) is 4.01. The Kier molecular flexibility index (Phi) is 8.25. The maximum atomic E-state index is 12.3. The van der Waals surface area contributed by atoms with Gasteiger partial charge in [-0.15, -0.1) is 0 Å². The standard InChI is InChI=1S/C21H32O5/c1-14-9-11-21(5,6)18(25-17(4)23)8-7-15(2)20(16(3)10-12-22)26-19(24)13-14/h7-8,10,12,14-15,18,20H,9,11,13H2,1-6H3/b8-7+,16-10+. The first-order chi connectivity index (χ1) is 12.1. The fraction of sp³-hybridized carbons (Fsp3) is 0.667. The Balaban J connectivity index is 3.24. The Morgan fingerprint density at radius 1 is 1.27 bits per heavy atom.